The highest BCUT2D eigenvalue weighted by Crippen LogP contribution is 2.55. The molecule has 2 unspecified atom stereocenters. The van der Waals surface area contributed by atoms with E-state index in [9.17, 15) is 18.9 Å². The highest BCUT2D eigenvalue weighted by molar-refractivity contribution is 7.67. The van der Waals surface area contributed by atoms with Crippen LogP contribution in [0.4, 0.5) is 0 Å². The smallest absolute Gasteiger partial charge is 0.338 e. The molecular weight excluding hydrogens is 310 g/mol. The van der Waals surface area contributed by atoms with Crippen LogP contribution >= 0.6 is 15.4 Å². The topological polar surface area (TPSA) is 83.8 Å². The summed E-state index contributed by atoms with van der Waals surface area (Å²) in [6.45, 7) is 8.11. The molecule has 0 radical (unpaired) electrons. The van der Waals surface area contributed by atoms with Crippen molar-refractivity contribution in [1.82, 2.24) is 0 Å². The van der Waals surface area contributed by atoms with Crippen molar-refractivity contribution in [2.45, 2.75) is 52.4 Å². The maximum absolute atomic E-state index is 12.0. The number of hydrogen-bond donors (Lipinski definition) is 2. The van der Waals surface area contributed by atoms with Gasteiger partial charge < -0.3 is 14.5 Å². The van der Waals surface area contributed by atoms with Gasteiger partial charge in [0.2, 0.25) is 6.35 Å². The van der Waals surface area contributed by atoms with Gasteiger partial charge in [-0.05, 0) is 40.5 Å². The minimum absolute atomic E-state index is 0.105. The molecular formula is C14H27O5P2+. The van der Waals surface area contributed by atoms with Gasteiger partial charge >= 0.3 is 15.4 Å². The average Bonchev–Trinajstić information content (AvgIpc) is 2.34. The third-order valence-electron chi connectivity index (χ3n) is 2.91. The largest absolute Gasteiger partial charge is 0.383 e. The van der Waals surface area contributed by atoms with Crippen LogP contribution in [0, 0.1) is 0 Å². The quantitative estimate of drug-likeness (QED) is 0.456. The first-order valence-electron chi connectivity index (χ1n) is 7.04. The fraction of sp³-hybridized carbons (Fsp3) is 0.714. The van der Waals surface area contributed by atoms with Gasteiger partial charge in [-0.1, -0.05) is 27.9 Å². The summed E-state index contributed by atoms with van der Waals surface area (Å²) in [6, 6.07) is 0. The molecule has 0 fully saturated rings. The SMILES string of the molecule is CCOC[P+](=O)C(C/C=C(\C)CCC=C(C)C)P(=O)(O)O. The maximum Gasteiger partial charge on any atom is 0.383 e. The third kappa shape index (κ3) is 10.1. The first kappa shape index (κ1) is 20.7. The minimum atomic E-state index is -4.39. The number of hydrogen-bond acceptors (Lipinski definition) is 3. The molecule has 0 aromatic carbocycles. The summed E-state index contributed by atoms with van der Waals surface area (Å²) in [5.41, 5.74) is 2.29. The normalized spacial score (nSPS) is 14.8. The standard InChI is InChI=1S/C14H26O5P2/c1-5-19-11-20(15)14(21(16,17)18)10-9-13(4)8-6-7-12(2)3/h7,9,14H,5-6,8,10-11H2,1-4H3,(H-,16,17,18)/p+1/b13-9+. The van der Waals surface area contributed by atoms with E-state index in [1.807, 2.05) is 20.8 Å². The number of allylic oxidation sites excluding steroid dienone is 4. The van der Waals surface area contributed by atoms with E-state index in [1.54, 1.807) is 13.0 Å². The Labute approximate surface area is 128 Å². The van der Waals surface area contributed by atoms with Gasteiger partial charge in [0.15, 0.2) is 0 Å². The summed E-state index contributed by atoms with van der Waals surface area (Å²) in [4.78, 5) is 18.7. The van der Waals surface area contributed by atoms with Crippen molar-refractivity contribution in [3.8, 4) is 0 Å². The fourth-order valence-electron chi connectivity index (χ4n) is 1.69. The summed E-state index contributed by atoms with van der Waals surface area (Å²) >= 11 is 0. The molecule has 122 valence electrons. The van der Waals surface area contributed by atoms with Crippen molar-refractivity contribution >= 4 is 15.4 Å². The van der Waals surface area contributed by atoms with Gasteiger partial charge in [-0.3, -0.25) is 4.57 Å². The van der Waals surface area contributed by atoms with E-state index in [0.717, 1.165) is 18.4 Å². The Morgan fingerprint density at radius 1 is 1.29 bits per heavy atom. The molecule has 0 saturated carbocycles. The Morgan fingerprint density at radius 2 is 1.90 bits per heavy atom. The van der Waals surface area contributed by atoms with E-state index >= 15 is 0 Å². The van der Waals surface area contributed by atoms with E-state index in [-0.39, 0.29) is 12.8 Å². The summed E-state index contributed by atoms with van der Waals surface area (Å²) in [6.07, 6.45) is 5.65. The monoisotopic (exact) mass is 337 g/mol. The summed E-state index contributed by atoms with van der Waals surface area (Å²) < 4.78 is 28.4. The van der Waals surface area contributed by atoms with Crippen LogP contribution in [-0.2, 0) is 13.9 Å². The summed E-state index contributed by atoms with van der Waals surface area (Å²) in [5.74, 6) is 0. The molecule has 0 aliphatic heterocycles. The Hall–Kier alpha value is -0.310. The van der Waals surface area contributed by atoms with Crippen LogP contribution < -0.4 is 0 Å². The molecule has 0 bridgehead atoms. The zero-order chi connectivity index (χ0) is 16.5. The van der Waals surface area contributed by atoms with Crippen molar-refractivity contribution in [2.24, 2.45) is 0 Å². The van der Waals surface area contributed by atoms with Crippen LogP contribution in [0.3, 0.4) is 0 Å². The first-order chi connectivity index (χ1) is 9.68. The van der Waals surface area contributed by atoms with Gasteiger partial charge in [0, 0.05) is 13.0 Å². The van der Waals surface area contributed by atoms with Gasteiger partial charge in [0.1, 0.15) is 0 Å². The lowest BCUT2D eigenvalue weighted by molar-refractivity contribution is 0.193. The Bertz CT molecular complexity index is 433. The highest BCUT2D eigenvalue weighted by atomic mass is 31.2. The van der Waals surface area contributed by atoms with E-state index in [1.165, 1.54) is 5.57 Å². The van der Waals surface area contributed by atoms with E-state index in [2.05, 4.69) is 6.08 Å². The van der Waals surface area contributed by atoms with E-state index in [0.29, 0.717) is 6.61 Å². The maximum atomic E-state index is 12.0. The van der Waals surface area contributed by atoms with Crippen LogP contribution in [0.15, 0.2) is 23.3 Å². The molecule has 5 nitrogen and oxygen atoms in total. The predicted molar refractivity (Wildman–Crippen MR) is 87.0 cm³/mol. The van der Waals surface area contributed by atoms with Crippen LogP contribution in [-0.4, -0.2) is 28.1 Å². The van der Waals surface area contributed by atoms with Crippen molar-refractivity contribution in [3.05, 3.63) is 23.3 Å². The molecule has 0 aromatic heterocycles. The second kappa shape index (κ2) is 10.4. The lowest BCUT2D eigenvalue weighted by Gasteiger charge is -2.08. The zero-order valence-corrected chi connectivity index (χ0v) is 15.1. The molecule has 21 heavy (non-hydrogen) atoms. The molecule has 0 aliphatic carbocycles. The van der Waals surface area contributed by atoms with Crippen molar-refractivity contribution < 1.29 is 23.7 Å². The van der Waals surface area contributed by atoms with Crippen molar-refractivity contribution in [3.63, 3.8) is 0 Å². The molecule has 2 N–H and O–H groups in total. The van der Waals surface area contributed by atoms with Crippen molar-refractivity contribution in [1.29, 1.82) is 0 Å². The van der Waals surface area contributed by atoms with Gasteiger partial charge in [0.05, 0.1) is 0 Å². The number of ether oxygens (including phenoxy) is 1. The minimum Gasteiger partial charge on any atom is -0.338 e. The molecule has 0 amide bonds. The van der Waals surface area contributed by atoms with Crippen molar-refractivity contribution in [2.75, 3.05) is 13.0 Å². The Kier molecular flexibility index (Phi) is 10.3. The van der Waals surface area contributed by atoms with Crippen LogP contribution in [0.25, 0.3) is 0 Å². The first-order valence-corrected chi connectivity index (χ1v) is 10.2. The Morgan fingerprint density at radius 3 is 2.38 bits per heavy atom. The second-order valence-corrected chi connectivity index (χ2v) is 9.14. The molecule has 0 spiro atoms. The molecule has 0 heterocycles. The molecule has 2 atom stereocenters. The predicted octanol–water partition coefficient (Wildman–Crippen LogP) is 4.39. The second-order valence-electron chi connectivity index (χ2n) is 5.22. The average molecular weight is 337 g/mol. The van der Waals surface area contributed by atoms with Crippen LogP contribution in [0.2, 0.25) is 0 Å². The molecule has 0 saturated heterocycles. The lowest BCUT2D eigenvalue weighted by atomic mass is 10.1. The van der Waals surface area contributed by atoms with Gasteiger partial charge in [-0.2, -0.15) is 0 Å². The van der Waals surface area contributed by atoms with Gasteiger partial charge in [-0.15, -0.1) is 0 Å². The molecule has 7 heteroatoms. The van der Waals surface area contributed by atoms with E-state index < -0.39 is 20.8 Å². The van der Waals surface area contributed by atoms with E-state index in [4.69, 9.17) is 4.74 Å². The molecule has 0 aliphatic rings. The fourth-order valence-corrected chi connectivity index (χ4v) is 4.48. The van der Waals surface area contributed by atoms with Crippen LogP contribution in [0.5, 0.6) is 0 Å². The van der Waals surface area contributed by atoms with Gasteiger partial charge in [-0.25, -0.2) is 0 Å². The number of rotatable bonds is 10. The lowest BCUT2D eigenvalue weighted by Crippen LogP contribution is -2.05. The Balaban J connectivity index is 4.65. The van der Waals surface area contributed by atoms with Crippen LogP contribution in [0.1, 0.15) is 47.0 Å². The van der Waals surface area contributed by atoms with Gasteiger partial charge in [0.25, 0.3) is 5.40 Å². The third-order valence-corrected chi connectivity index (χ3v) is 6.89. The summed E-state index contributed by atoms with van der Waals surface area (Å²) in [7, 11) is -6.47. The molecule has 0 aromatic rings. The zero-order valence-electron chi connectivity index (χ0n) is 13.3. The molecule has 0 rings (SSSR count). The summed E-state index contributed by atoms with van der Waals surface area (Å²) in [5, 5.41) is -1.16. The highest BCUT2D eigenvalue weighted by Gasteiger charge is 2.44.